The second-order valence-corrected chi connectivity index (χ2v) is 50.9. The van der Waals surface area contributed by atoms with Gasteiger partial charge in [-0.1, -0.05) is 225 Å². The third kappa shape index (κ3) is 39.8. The number of aromatic carboxylic acids is 1. The Bertz CT molecular complexity index is 6590. The van der Waals surface area contributed by atoms with E-state index >= 15 is 0 Å². The minimum atomic E-state index is -2.93. The average molecular weight is 2530 g/mol. The second kappa shape index (κ2) is 68.7. The van der Waals surface area contributed by atoms with Crippen molar-refractivity contribution in [1.82, 2.24) is 0 Å². The fourth-order valence-corrected chi connectivity index (χ4v) is 26.8. The van der Waals surface area contributed by atoms with Crippen LogP contribution in [0, 0.1) is 132 Å². The number of benzene rings is 15. The van der Waals surface area contributed by atoms with Crippen molar-refractivity contribution in [2.24, 2.45) is 11.5 Å². The Morgan fingerprint density at radius 3 is 0.866 bits per heavy atom. The van der Waals surface area contributed by atoms with Crippen LogP contribution in [0.1, 0.15) is 207 Å². The van der Waals surface area contributed by atoms with E-state index in [1.807, 2.05) is 75.7 Å². The molecule has 0 spiro atoms. The van der Waals surface area contributed by atoms with E-state index in [9.17, 15) is 14.4 Å². The number of halogens is 5. The molecule has 0 amide bonds. The molecule has 0 heterocycles. The normalized spacial score (nSPS) is 10.9. The van der Waals surface area contributed by atoms with Crippen molar-refractivity contribution in [3.05, 3.63) is 514 Å². The van der Waals surface area contributed by atoms with Crippen LogP contribution in [0.15, 0.2) is 322 Å². The molecule has 16 heteroatoms. The average Bonchev–Trinajstić information content (AvgIpc) is 0.698. The zero-order chi connectivity index (χ0) is 109. The van der Waals surface area contributed by atoms with Gasteiger partial charge in [0.2, 0.25) is 0 Å². The summed E-state index contributed by atoms with van der Waals surface area (Å²) in [7, 11) is 0. The largest absolute Gasteiger partial charge is 0 e. The zero-order valence-electron chi connectivity index (χ0n) is 90.3. The number of carbonyl (C=O) groups is 3. The van der Waals surface area contributed by atoms with Crippen LogP contribution < -0.4 is 27.4 Å². The van der Waals surface area contributed by atoms with Crippen LogP contribution in [0.5, 0.6) is 0 Å². The molecule has 0 fully saturated rings. The van der Waals surface area contributed by atoms with Crippen molar-refractivity contribution in [2.45, 2.75) is 169 Å². The van der Waals surface area contributed by atoms with Crippen LogP contribution in [0.4, 0.5) is 0 Å². The zero-order valence-corrected chi connectivity index (χ0v) is 102. The molecule has 0 bridgehead atoms. The third-order valence-electron chi connectivity index (χ3n) is 26.1. The van der Waals surface area contributed by atoms with E-state index in [-0.39, 0.29) is 21.6 Å². The van der Waals surface area contributed by atoms with E-state index in [0.717, 1.165) is 93.3 Å². The molecule has 777 valence electrons. The van der Waals surface area contributed by atoms with Crippen LogP contribution >= 0.6 is 123 Å². The fraction of sp³-hybridized carbons (Fsp3) is 0.226. The van der Waals surface area contributed by atoms with E-state index in [4.69, 9.17) is 26.8 Å². The molecule has 0 aliphatic rings. The van der Waals surface area contributed by atoms with Gasteiger partial charge < -0.3 is 31.6 Å². The number of carboxylic acids is 1. The molecule has 149 heavy (non-hydrogen) atoms. The first-order chi connectivity index (χ1) is 71.0. The van der Waals surface area contributed by atoms with E-state index < -0.39 is 11.3 Å². The summed E-state index contributed by atoms with van der Waals surface area (Å²) in [6.45, 7) is 41.2. The Kier molecular flexibility index (Phi) is 59.7. The number of carbonyl (C=O) groups excluding carboxylic acids is 2. The Morgan fingerprint density at radius 1 is 0.336 bits per heavy atom. The Labute approximate surface area is 961 Å². The van der Waals surface area contributed by atoms with Crippen LogP contribution in [-0.2, 0) is 36.8 Å². The molecule has 8 nitrogen and oxygen atoms in total. The smallest absolute Gasteiger partial charge is 0 e. The fourth-order valence-electron chi connectivity index (χ4n) is 16.9. The van der Waals surface area contributed by atoms with Gasteiger partial charge >= 0.3 is 189 Å². The Morgan fingerprint density at radius 2 is 0.591 bits per heavy atom. The molecule has 15 rings (SSSR count). The third-order valence-corrected chi connectivity index (χ3v) is 40.2. The summed E-state index contributed by atoms with van der Waals surface area (Å²) in [6.07, 6.45) is 31.7. The molecular formula is C133H150BBrI4N2O6PS. The van der Waals surface area contributed by atoms with E-state index in [2.05, 4.69) is 513 Å². The summed E-state index contributed by atoms with van der Waals surface area (Å²) >= 11 is 15.3. The molecule has 0 aliphatic heterocycles. The molecule has 0 atom stereocenters. The van der Waals surface area contributed by atoms with Gasteiger partial charge in [0.15, 0.2) is 0 Å². The number of carboxylic acid groups (broad SMARTS) is 1. The maximum absolute atomic E-state index is 10.6. The maximum Gasteiger partial charge on any atom is 0 e. The first-order valence-electron chi connectivity index (χ1n) is 49.9. The number of aldehydes is 2. The molecule has 0 aromatic heterocycles. The van der Waals surface area contributed by atoms with Crippen molar-refractivity contribution in [3.63, 3.8) is 0 Å². The summed E-state index contributed by atoms with van der Waals surface area (Å²) in [4.78, 5) is 31.5. The molecule has 0 aliphatic carbocycles. The van der Waals surface area contributed by atoms with Crippen molar-refractivity contribution in [3.8, 4) is 0 Å². The van der Waals surface area contributed by atoms with Gasteiger partial charge in [-0.2, -0.15) is 11.8 Å². The van der Waals surface area contributed by atoms with Gasteiger partial charge in [0, 0.05) is 34.7 Å². The van der Waals surface area contributed by atoms with E-state index in [1.165, 1.54) is 179 Å². The van der Waals surface area contributed by atoms with Crippen LogP contribution in [0.3, 0.4) is 0 Å². The maximum atomic E-state index is 10.6. The summed E-state index contributed by atoms with van der Waals surface area (Å²) in [5.74, 6) is -0.860. The molecular weight excluding hydrogens is 2380 g/mol. The number of rotatable bonds is 26. The van der Waals surface area contributed by atoms with E-state index in [1.54, 1.807) is 23.9 Å². The minimum absolute atomic E-state index is 0. The van der Waals surface area contributed by atoms with Gasteiger partial charge in [0.25, 0.3) is 0 Å². The number of aliphatic hydroxyl groups excluding tert-OH is 2. The van der Waals surface area contributed by atoms with Crippen molar-refractivity contribution in [2.75, 3.05) is 32.2 Å². The summed E-state index contributed by atoms with van der Waals surface area (Å²) in [5, 5.41) is 26.4. The SMILES string of the molecule is C=CCO.CSC.Cc1c(I)cccc1C(=O)O.Cc1c(I)cccc1C=O.Cc1c(I)cccc1CO.Cc1cccc(C)c1/C=C/c1cccc(CCCN)c1C.Cc1cccc(C)c1/C=C/c1cccc(CCCN)c1C.Cc1cccc(C)c1C=Cc1cccc(CCC=O)c1C.Cc1cccc(C)c1C=Cc1cccc(I)c1C.Cc1cccc(C)c1CP(Br)(c1ccccc1)(c1ccccc1)c1ccccc1.[B]. The van der Waals surface area contributed by atoms with Gasteiger partial charge in [-0.3, -0.25) is 4.79 Å². The second-order valence-electron chi connectivity index (χ2n) is 36.5. The number of nitrogens with two attached hydrogens (primary N) is 2. The topological polar surface area (TPSA) is 164 Å². The van der Waals surface area contributed by atoms with Crippen LogP contribution in [0.25, 0.3) is 48.6 Å². The number of aliphatic hydroxyl groups is 2. The van der Waals surface area contributed by atoms with Gasteiger partial charge in [-0.25, -0.2) is 4.79 Å². The summed E-state index contributed by atoms with van der Waals surface area (Å²) in [5.41, 5.74) is 51.0. The first kappa shape index (κ1) is 129. The predicted molar refractivity (Wildman–Crippen MR) is 692 cm³/mol. The number of hydrogen-bond donors (Lipinski definition) is 5. The molecule has 15 aromatic carbocycles. The molecule has 0 saturated heterocycles. The molecule has 15 aromatic rings. The Hall–Kier alpha value is -10.1. The quantitative estimate of drug-likeness (QED) is 0.00887. The molecule has 3 radical (unpaired) electrons. The molecule has 0 unspecified atom stereocenters. The first-order valence-corrected chi connectivity index (χ1v) is 60.3. The molecule has 0 saturated carbocycles. The van der Waals surface area contributed by atoms with E-state index in [0.29, 0.717) is 12.0 Å². The monoisotopic (exact) mass is 2530 g/mol. The summed E-state index contributed by atoms with van der Waals surface area (Å²) < 4.78 is 4.66. The van der Waals surface area contributed by atoms with Gasteiger partial charge in [0.1, 0.15) is 12.6 Å². The van der Waals surface area contributed by atoms with Crippen molar-refractivity contribution >= 4 is 214 Å². The van der Waals surface area contributed by atoms with Gasteiger partial charge in [-0.15, -0.1) is 6.58 Å². The predicted octanol–water partition coefficient (Wildman–Crippen LogP) is 33.9. The van der Waals surface area contributed by atoms with Crippen LogP contribution in [-0.4, -0.2) is 74.5 Å². The Balaban J connectivity index is 0.000000302. The van der Waals surface area contributed by atoms with Crippen LogP contribution in [0.2, 0.25) is 0 Å². The van der Waals surface area contributed by atoms with Gasteiger partial charge in [0.05, 0.1) is 18.8 Å². The number of thioether (sulfide) groups is 1. The number of hydrogen-bond acceptors (Lipinski definition) is 8. The number of aryl methyl sites for hydroxylation is 13. The molecule has 7 N–H and O–H groups in total. The van der Waals surface area contributed by atoms with Crippen molar-refractivity contribution < 1.29 is 29.7 Å². The summed E-state index contributed by atoms with van der Waals surface area (Å²) in [6, 6.07) is 108. The minimum Gasteiger partial charge on any atom is 0 e. The van der Waals surface area contributed by atoms with Crippen molar-refractivity contribution in [1.29, 1.82) is 0 Å². The standard InChI is InChI=1S/C27H26BrP.2C20H25N.C20H22O.C17H17I.C8H7IO2.C8H9IO.C8H7IO.C3H6O.C2H6S.B/c1-22-13-12-14-23(2)27(22)21-29(28,24-15-6-3-7-16-24,25-17-8-4-9-18-25)26-19-10-5-11-20-26;3*1-15-7-4-8-16(2)20(15)13-12-19-10-5-9-18(17(19)3)11-6-14-21;1-12-6-4-7-13(2)16(12)11-10-15-8-5-9-17(18)14(15)3;1-5-6(8(10)11)3-2-4-7(5)9;2*1-6-7(5-10)3-2-4-8(6)9;1-2-3-4;1-3-2;/h3-20H,21H2,1-2H3;2*4-5,7-10,12-13H,6,11,14,21H2,1-3H3;4-5,7-10,12-14H,6,11H2,1-3H3;4-11H,1-3H3;2-4H,1H3,(H,10,11);2-4,10H,5H2,1H3;2-5H,1H3;2,4H,1,3H2;1-2H3;/b;2*13-12+;;;;;;;;. The van der Waals surface area contributed by atoms with Gasteiger partial charge in [-0.05, 0) is 432 Å².